The molecular weight excluding hydrogens is 438 g/mol. The first-order valence-corrected chi connectivity index (χ1v) is 11.9. The Labute approximate surface area is 199 Å². The first kappa shape index (κ1) is 22.3. The lowest BCUT2D eigenvalue weighted by atomic mass is 9.68. The van der Waals surface area contributed by atoms with Crippen LogP contribution in [0.15, 0.2) is 42.5 Å². The predicted octanol–water partition coefficient (Wildman–Crippen LogP) is 4.26. The van der Waals surface area contributed by atoms with Gasteiger partial charge >= 0.3 is 0 Å². The highest BCUT2D eigenvalue weighted by atomic mass is 35.5. The molecule has 1 saturated heterocycles. The van der Waals surface area contributed by atoms with Crippen molar-refractivity contribution in [2.75, 3.05) is 33.4 Å². The van der Waals surface area contributed by atoms with Crippen molar-refractivity contribution in [3.63, 3.8) is 0 Å². The number of fused-ring (bicyclic) bond motifs is 4. The van der Waals surface area contributed by atoms with Gasteiger partial charge in [0.25, 0.3) is 0 Å². The number of aromatic nitrogens is 1. The molecule has 0 saturated carbocycles. The molecule has 1 atom stereocenters. The molecule has 3 heterocycles. The summed E-state index contributed by atoms with van der Waals surface area (Å²) in [5, 5.41) is 12.2. The Bertz CT molecular complexity index is 1180. The van der Waals surface area contributed by atoms with Crippen LogP contribution in [0.4, 0.5) is 0 Å². The number of hydrogen-bond donors (Lipinski definition) is 2. The number of likely N-dealkylation sites (tertiary alicyclic amines) is 1. The fourth-order valence-corrected chi connectivity index (χ4v) is 5.95. The van der Waals surface area contributed by atoms with Gasteiger partial charge in [0.05, 0.1) is 19.8 Å². The molecule has 33 heavy (non-hydrogen) atoms. The largest absolute Gasteiger partial charge is 0.497 e. The standard InChI is InChI=1S/C26H30ClN3O3/c1-17(32)30-16-26(9-11-29(12-10-26)14-18-5-3-4-6-21(18)27)24-20-8-7-19(33-2)13-22(20)28-25(24)23(30)15-31/h3-8,13,23,28,31H,9-12,14-16H2,1-2H3/t23-/m1/s1. The zero-order valence-corrected chi connectivity index (χ0v) is 19.9. The van der Waals surface area contributed by atoms with Gasteiger partial charge < -0.3 is 19.7 Å². The second kappa shape index (κ2) is 8.67. The van der Waals surface area contributed by atoms with E-state index in [0.717, 1.165) is 65.4 Å². The number of rotatable bonds is 4. The molecule has 2 aliphatic heterocycles. The number of piperidine rings is 1. The summed E-state index contributed by atoms with van der Waals surface area (Å²) in [6, 6.07) is 13.8. The number of H-pyrrole nitrogens is 1. The minimum atomic E-state index is -0.359. The van der Waals surface area contributed by atoms with Crippen molar-refractivity contribution in [2.45, 2.75) is 37.8 Å². The number of nitrogens with zero attached hydrogens (tertiary/aromatic N) is 2. The Balaban J connectivity index is 1.52. The molecule has 1 fully saturated rings. The highest BCUT2D eigenvalue weighted by Crippen LogP contribution is 2.49. The molecule has 3 aromatic rings. The zero-order valence-electron chi connectivity index (χ0n) is 19.1. The van der Waals surface area contributed by atoms with Crippen LogP contribution >= 0.6 is 11.6 Å². The molecule has 6 nitrogen and oxygen atoms in total. The monoisotopic (exact) mass is 467 g/mol. The van der Waals surface area contributed by atoms with E-state index in [0.29, 0.717) is 6.54 Å². The van der Waals surface area contributed by atoms with Crippen molar-refractivity contribution in [3.05, 3.63) is 64.3 Å². The van der Waals surface area contributed by atoms with E-state index in [1.54, 1.807) is 14.0 Å². The molecule has 0 aliphatic carbocycles. The van der Waals surface area contributed by atoms with E-state index >= 15 is 0 Å². The Morgan fingerprint density at radius 3 is 2.67 bits per heavy atom. The van der Waals surface area contributed by atoms with Crippen molar-refractivity contribution in [3.8, 4) is 5.75 Å². The lowest BCUT2D eigenvalue weighted by Gasteiger charge is -2.50. The van der Waals surface area contributed by atoms with Gasteiger partial charge in [-0.2, -0.15) is 0 Å². The van der Waals surface area contributed by atoms with Crippen molar-refractivity contribution >= 4 is 28.4 Å². The third kappa shape index (κ3) is 3.80. The summed E-state index contributed by atoms with van der Waals surface area (Å²) in [5.41, 5.74) is 4.19. The topological polar surface area (TPSA) is 68.8 Å². The number of ether oxygens (including phenoxy) is 1. The van der Waals surface area contributed by atoms with Gasteiger partial charge in [-0.3, -0.25) is 9.69 Å². The third-order valence-electron chi connectivity index (χ3n) is 7.49. The van der Waals surface area contributed by atoms with Crippen molar-refractivity contribution in [1.29, 1.82) is 0 Å². The van der Waals surface area contributed by atoms with Gasteiger partial charge in [0.1, 0.15) is 5.75 Å². The number of aromatic amines is 1. The summed E-state index contributed by atoms with van der Waals surface area (Å²) in [7, 11) is 1.66. The van der Waals surface area contributed by atoms with Gasteiger partial charge in [0.2, 0.25) is 5.91 Å². The minimum Gasteiger partial charge on any atom is -0.497 e. The summed E-state index contributed by atoms with van der Waals surface area (Å²) in [6.07, 6.45) is 1.87. The summed E-state index contributed by atoms with van der Waals surface area (Å²) in [5.74, 6) is 0.780. The molecule has 2 aliphatic rings. The highest BCUT2D eigenvalue weighted by molar-refractivity contribution is 6.31. The van der Waals surface area contributed by atoms with Crippen LogP contribution in [0.25, 0.3) is 10.9 Å². The summed E-state index contributed by atoms with van der Waals surface area (Å²) >= 11 is 6.41. The number of carbonyl (C=O) groups is 1. The van der Waals surface area contributed by atoms with Gasteiger partial charge in [0.15, 0.2) is 0 Å². The third-order valence-corrected chi connectivity index (χ3v) is 7.86. The number of methoxy groups -OCH3 is 1. The van der Waals surface area contributed by atoms with E-state index in [-0.39, 0.29) is 24.0 Å². The molecule has 5 rings (SSSR count). The van der Waals surface area contributed by atoms with E-state index in [1.807, 2.05) is 35.2 Å². The van der Waals surface area contributed by atoms with E-state index in [4.69, 9.17) is 16.3 Å². The highest BCUT2D eigenvalue weighted by Gasteiger charge is 2.48. The van der Waals surface area contributed by atoms with Crippen LogP contribution in [0.1, 0.15) is 42.6 Å². The molecule has 2 aromatic carbocycles. The molecule has 174 valence electrons. The van der Waals surface area contributed by atoms with Crippen LogP contribution in [0.5, 0.6) is 5.75 Å². The summed E-state index contributed by atoms with van der Waals surface area (Å²) in [4.78, 5) is 20.5. The van der Waals surface area contributed by atoms with Crippen LogP contribution in [0, 0.1) is 0 Å². The normalized spacial score (nSPS) is 20.2. The van der Waals surface area contributed by atoms with Crippen molar-refractivity contribution in [1.82, 2.24) is 14.8 Å². The van der Waals surface area contributed by atoms with Gasteiger partial charge in [-0.15, -0.1) is 0 Å². The second-order valence-corrected chi connectivity index (χ2v) is 9.73. The second-order valence-electron chi connectivity index (χ2n) is 9.32. The maximum Gasteiger partial charge on any atom is 0.220 e. The molecular formula is C26H30ClN3O3. The Morgan fingerprint density at radius 2 is 2.00 bits per heavy atom. The van der Waals surface area contributed by atoms with E-state index in [2.05, 4.69) is 22.0 Å². The molecule has 1 spiro atoms. The van der Waals surface area contributed by atoms with E-state index < -0.39 is 0 Å². The van der Waals surface area contributed by atoms with Crippen LogP contribution in [-0.4, -0.2) is 59.1 Å². The van der Waals surface area contributed by atoms with Crippen LogP contribution < -0.4 is 4.74 Å². The number of carbonyl (C=O) groups excluding carboxylic acids is 1. The molecule has 7 heteroatoms. The van der Waals surface area contributed by atoms with Crippen LogP contribution in [0.2, 0.25) is 5.02 Å². The average molecular weight is 468 g/mol. The first-order chi connectivity index (χ1) is 16.0. The lowest BCUT2D eigenvalue weighted by molar-refractivity contribution is -0.135. The number of nitrogens with one attached hydrogen (secondary N) is 1. The molecule has 0 bridgehead atoms. The minimum absolute atomic E-state index is 0.00573. The fraction of sp³-hybridized carbons (Fsp3) is 0.423. The molecule has 2 N–H and O–H groups in total. The number of benzene rings is 2. The van der Waals surface area contributed by atoms with E-state index in [9.17, 15) is 9.90 Å². The van der Waals surface area contributed by atoms with E-state index in [1.165, 1.54) is 5.56 Å². The smallest absolute Gasteiger partial charge is 0.220 e. The Morgan fingerprint density at radius 1 is 1.24 bits per heavy atom. The zero-order chi connectivity index (χ0) is 23.2. The van der Waals surface area contributed by atoms with Gasteiger partial charge in [-0.25, -0.2) is 0 Å². The van der Waals surface area contributed by atoms with Crippen molar-refractivity contribution < 1.29 is 14.6 Å². The van der Waals surface area contributed by atoms with Gasteiger partial charge in [-0.05, 0) is 55.3 Å². The maximum atomic E-state index is 12.6. The Kier molecular flexibility index (Phi) is 5.85. The lowest BCUT2D eigenvalue weighted by Crippen LogP contribution is -2.54. The van der Waals surface area contributed by atoms with Gasteiger partial charge in [0, 0.05) is 53.1 Å². The maximum absolute atomic E-state index is 12.6. The first-order valence-electron chi connectivity index (χ1n) is 11.5. The number of aliphatic hydroxyl groups excluding tert-OH is 1. The average Bonchev–Trinajstić information content (AvgIpc) is 3.21. The van der Waals surface area contributed by atoms with Crippen LogP contribution in [-0.2, 0) is 16.8 Å². The van der Waals surface area contributed by atoms with Gasteiger partial charge in [-0.1, -0.05) is 29.8 Å². The number of halogens is 1. The molecule has 0 unspecified atom stereocenters. The number of aliphatic hydroxyl groups is 1. The molecule has 1 amide bonds. The predicted molar refractivity (Wildman–Crippen MR) is 130 cm³/mol. The summed E-state index contributed by atoms with van der Waals surface area (Å²) < 4.78 is 5.43. The fourth-order valence-electron chi connectivity index (χ4n) is 5.75. The Hall–Kier alpha value is -2.54. The molecule has 1 aromatic heterocycles. The number of amides is 1. The summed E-state index contributed by atoms with van der Waals surface area (Å²) in [6.45, 7) is 4.78. The molecule has 0 radical (unpaired) electrons. The van der Waals surface area contributed by atoms with Crippen LogP contribution in [0.3, 0.4) is 0 Å². The van der Waals surface area contributed by atoms with Crippen molar-refractivity contribution in [2.24, 2.45) is 0 Å². The quantitative estimate of drug-likeness (QED) is 0.601. The number of hydrogen-bond acceptors (Lipinski definition) is 4. The SMILES string of the molecule is COc1ccc2c3c([nH]c2c1)[C@@H](CO)N(C(C)=O)CC31CCN(Cc2ccccc2Cl)CC1.